The summed E-state index contributed by atoms with van der Waals surface area (Å²) in [6, 6.07) is 10.8. The van der Waals surface area contributed by atoms with Crippen molar-refractivity contribution in [1.29, 1.82) is 0 Å². The summed E-state index contributed by atoms with van der Waals surface area (Å²) in [4.78, 5) is 4.44. The number of guanidine groups is 1. The minimum absolute atomic E-state index is 0. The van der Waals surface area contributed by atoms with Gasteiger partial charge in [0.05, 0.1) is 19.3 Å². The van der Waals surface area contributed by atoms with E-state index in [4.69, 9.17) is 5.73 Å². The van der Waals surface area contributed by atoms with Crippen LogP contribution in [0, 0.1) is 0 Å². The molecule has 5 nitrogen and oxygen atoms in total. The molecule has 0 atom stereocenters. The van der Waals surface area contributed by atoms with Gasteiger partial charge in [-0.3, -0.25) is 4.68 Å². The van der Waals surface area contributed by atoms with Crippen LogP contribution in [0.3, 0.4) is 0 Å². The summed E-state index contributed by atoms with van der Waals surface area (Å²) in [5.74, 6) is 0.549. The van der Waals surface area contributed by atoms with Gasteiger partial charge in [0.15, 0.2) is 5.96 Å². The molecule has 0 radical (unpaired) electrons. The minimum atomic E-state index is 0. The van der Waals surface area contributed by atoms with E-state index in [1.165, 1.54) is 37.7 Å². The van der Waals surface area contributed by atoms with Crippen molar-refractivity contribution in [2.75, 3.05) is 0 Å². The average Bonchev–Trinajstić information content (AvgIpc) is 3.02. The highest BCUT2D eigenvalue weighted by Crippen LogP contribution is 2.17. The summed E-state index contributed by atoms with van der Waals surface area (Å²) >= 11 is 0. The second-order valence-corrected chi connectivity index (χ2v) is 6.21. The van der Waals surface area contributed by atoms with E-state index in [0.29, 0.717) is 18.5 Å². The first-order valence-corrected chi connectivity index (χ1v) is 8.41. The number of nitrogens with two attached hydrogens (primary N) is 1. The second kappa shape index (κ2) is 9.66. The van der Waals surface area contributed by atoms with Crippen molar-refractivity contribution in [3.05, 3.63) is 53.9 Å². The molecule has 0 amide bonds. The van der Waals surface area contributed by atoms with E-state index < -0.39 is 0 Å². The van der Waals surface area contributed by atoms with Crippen LogP contribution in [-0.4, -0.2) is 21.8 Å². The largest absolute Gasteiger partial charge is 0.370 e. The lowest BCUT2D eigenvalue weighted by Gasteiger charge is -2.23. The molecule has 0 unspecified atom stereocenters. The van der Waals surface area contributed by atoms with E-state index in [1.54, 1.807) is 0 Å². The fourth-order valence-electron chi connectivity index (χ4n) is 3.02. The van der Waals surface area contributed by atoms with Crippen LogP contribution < -0.4 is 11.1 Å². The van der Waals surface area contributed by atoms with Gasteiger partial charge in [0.1, 0.15) is 0 Å². The van der Waals surface area contributed by atoms with Crippen molar-refractivity contribution in [2.45, 2.75) is 51.2 Å². The van der Waals surface area contributed by atoms with Crippen LogP contribution in [0.1, 0.15) is 43.2 Å². The molecular weight excluding hydrogens is 413 g/mol. The molecule has 1 aliphatic carbocycles. The van der Waals surface area contributed by atoms with Gasteiger partial charge in [-0.2, -0.15) is 5.10 Å². The highest BCUT2D eigenvalue weighted by molar-refractivity contribution is 14.0. The number of benzene rings is 1. The molecule has 24 heavy (non-hydrogen) atoms. The summed E-state index contributed by atoms with van der Waals surface area (Å²) in [6.45, 7) is 1.35. The third-order valence-corrected chi connectivity index (χ3v) is 4.26. The molecule has 1 fully saturated rings. The van der Waals surface area contributed by atoms with Crippen molar-refractivity contribution in [3.63, 3.8) is 0 Å². The third-order valence-electron chi connectivity index (χ3n) is 4.26. The predicted octanol–water partition coefficient (Wildman–Crippen LogP) is 3.29. The number of halogens is 1. The molecule has 130 valence electrons. The van der Waals surface area contributed by atoms with Crippen LogP contribution in [-0.2, 0) is 13.1 Å². The Morgan fingerprint density at radius 2 is 1.92 bits per heavy atom. The predicted molar refractivity (Wildman–Crippen MR) is 109 cm³/mol. The molecule has 1 aliphatic rings. The lowest BCUT2D eigenvalue weighted by Crippen LogP contribution is -2.41. The topological polar surface area (TPSA) is 68.2 Å². The highest BCUT2D eigenvalue weighted by Gasteiger charge is 2.13. The summed E-state index contributed by atoms with van der Waals surface area (Å²) < 4.78 is 1.94. The molecule has 1 heterocycles. The summed E-state index contributed by atoms with van der Waals surface area (Å²) in [7, 11) is 0. The van der Waals surface area contributed by atoms with Gasteiger partial charge in [-0.1, -0.05) is 49.6 Å². The Kier molecular flexibility index (Phi) is 7.55. The molecule has 0 bridgehead atoms. The van der Waals surface area contributed by atoms with Crippen molar-refractivity contribution in [2.24, 2.45) is 10.7 Å². The van der Waals surface area contributed by atoms with E-state index in [1.807, 2.05) is 35.3 Å². The number of rotatable bonds is 5. The first kappa shape index (κ1) is 18.8. The highest BCUT2D eigenvalue weighted by atomic mass is 127. The van der Waals surface area contributed by atoms with Gasteiger partial charge in [-0.25, -0.2) is 4.99 Å². The first-order valence-electron chi connectivity index (χ1n) is 8.41. The zero-order valence-electron chi connectivity index (χ0n) is 13.9. The Labute approximate surface area is 160 Å². The maximum Gasteiger partial charge on any atom is 0.189 e. The van der Waals surface area contributed by atoms with Gasteiger partial charge in [0.25, 0.3) is 0 Å². The van der Waals surface area contributed by atoms with Gasteiger partial charge in [0, 0.05) is 17.8 Å². The van der Waals surface area contributed by atoms with E-state index in [2.05, 4.69) is 27.5 Å². The molecule has 3 rings (SSSR count). The number of nitrogens with one attached hydrogen (secondary N) is 1. The van der Waals surface area contributed by atoms with E-state index in [9.17, 15) is 0 Å². The van der Waals surface area contributed by atoms with Crippen molar-refractivity contribution >= 4 is 29.9 Å². The molecule has 0 saturated heterocycles. The van der Waals surface area contributed by atoms with Gasteiger partial charge in [0.2, 0.25) is 0 Å². The Bertz CT molecular complexity index is 632. The number of hydrogen-bond donors (Lipinski definition) is 2. The van der Waals surface area contributed by atoms with Crippen molar-refractivity contribution in [3.8, 4) is 0 Å². The lowest BCUT2D eigenvalue weighted by molar-refractivity contribution is 0.412. The molecule has 6 heteroatoms. The zero-order valence-corrected chi connectivity index (χ0v) is 16.2. The Morgan fingerprint density at radius 3 is 2.67 bits per heavy atom. The third kappa shape index (κ3) is 5.81. The molecule has 2 aromatic rings. The lowest BCUT2D eigenvalue weighted by atomic mass is 9.96. The summed E-state index contributed by atoms with van der Waals surface area (Å²) in [5, 5.41) is 7.73. The smallest absolute Gasteiger partial charge is 0.189 e. The maximum absolute atomic E-state index is 5.99. The SMILES string of the molecule is I.NC(=NCc1cnn(Cc2ccccc2)c1)NC1CCCCC1. The quantitative estimate of drug-likeness (QED) is 0.427. The maximum atomic E-state index is 5.99. The number of hydrogen-bond acceptors (Lipinski definition) is 2. The molecule has 0 spiro atoms. The monoisotopic (exact) mass is 439 g/mol. The Hall–Kier alpha value is -1.57. The van der Waals surface area contributed by atoms with Crippen LogP contribution >= 0.6 is 24.0 Å². The minimum Gasteiger partial charge on any atom is -0.370 e. The molecule has 1 aromatic heterocycles. The van der Waals surface area contributed by atoms with Crippen LogP contribution in [0.5, 0.6) is 0 Å². The molecule has 1 aromatic carbocycles. The van der Waals surface area contributed by atoms with Crippen LogP contribution in [0.2, 0.25) is 0 Å². The number of aromatic nitrogens is 2. The van der Waals surface area contributed by atoms with E-state index >= 15 is 0 Å². The van der Waals surface area contributed by atoms with E-state index in [-0.39, 0.29) is 24.0 Å². The van der Waals surface area contributed by atoms with Crippen LogP contribution in [0.4, 0.5) is 0 Å². The van der Waals surface area contributed by atoms with Gasteiger partial charge < -0.3 is 11.1 Å². The standard InChI is InChI=1S/C18H25N5.HI/c19-18(22-17-9-5-2-6-10-17)20-11-16-12-21-23(14-16)13-15-7-3-1-4-8-15;/h1,3-4,7-8,12,14,17H,2,5-6,9-11,13H2,(H3,19,20,22);1H. The van der Waals surface area contributed by atoms with Crippen LogP contribution in [0.25, 0.3) is 0 Å². The fraction of sp³-hybridized carbons (Fsp3) is 0.444. The zero-order chi connectivity index (χ0) is 15.9. The van der Waals surface area contributed by atoms with Crippen molar-refractivity contribution in [1.82, 2.24) is 15.1 Å². The summed E-state index contributed by atoms with van der Waals surface area (Å²) in [6.07, 6.45) is 10.2. The summed E-state index contributed by atoms with van der Waals surface area (Å²) in [5.41, 5.74) is 8.31. The molecule has 0 aliphatic heterocycles. The van der Waals surface area contributed by atoms with Gasteiger partial charge >= 0.3 is 0 Å². The van der Waals surface area contributed by atoms with Gasteiger partial charge in [-0.15, -0.1) is 24.0 Å². The molecular formula is C18H26IN5. The number of aliphatic imine (C=N–C) groups is 1. The Morgan fingerprint density at radius 1 is 1.17 bits per heavy atom. The van der Waals surface area contributed by atoms with E-state index in [0.717, 1.165) is 12.1 Å². The first-order chi connectivity index (χ1) is 11.3. The Balaban J connectivity index is 0.00000208. The number of nitrogens with zero attached hydrogens (tertiary/aromatic N) is 3. The fourth-order valence-corrected chi connectivity index (χ4v) is 3.02. The molecule has 3 N–H and O–H groups in total. The van der Waals surface area contributed by atoms with Crippen molar-refractivity contribution < 1.29 is 0 Å². The normalized spacial score (nSPS) is 15.8. The average molecular weight is 439 g/mol. The molecule has 1 saturated carbocycles. The van der Waals surface area contributed by atoms with Crippen LogP contribution in [0.15, 0.2) is 47.7 Å². The second-order valence-electron chi connectivity index (χ2n) is 6.21. The van der Waals surface area contributed by atoms with Gasteiger partial charge in [-0.05, 0) is 18.4 Å².